The van der Waals surface area contributed by atoms with Crippen LogP contribution in [0.3, 0.4) is 0 Å². The predicted octanol–water partition coefficient (Wildman–Crippen LogP) is 7.71. The van der Waals surface area contributed by atoms with Gasteiger partial charge in [0.05, 0.1) is 26.4 Å². The van der Waals surface area contributed by atoms with Gasteiger partial charge in [0.15, 0.2) is 0 Å². The van der Waals surface area contributed by atoms with Gasteiger partial charge in [-0.3, -0.25) is 0 Å². The first kappa shape index (κ1) is 30.1. The van der Waals surface area contributed by atoms with Gasteiger partial charge in [0.2, 0.25) is 0 Å². The highest BCUT2D eigenvalue weighted by molar-refractivity contribution is 5.47. The number of rotatable bonds is 15. The van der Waals surface area contributed by atoms with E-state index in [2.05, 4.69) is 43.0 Å². The van der Waals surface area contributed by atoms with Gasteiger partial charge in [0.25, 0.3) is 0 Å². The molecule has 0 radical (unpaired) electrons. The Balaban J connectivity index is 1.48. The molecular formula is C39H38O4. The van der Waals surface area contributed by atoms with Gasteiger partial charge in [0, 0.05) is 0 Å². The minimum atomic E-state index is -1.57. The van der Waals surface area contributed by atoms with Crippen molar-refractivity contribution in [1.29, 1.82) is 0 Å². The van der Waals surface area contributed by atoms with E-state index in [1.54, 1.807) is 0 Å². The summed E-state index contributed by atoms with van der Waals surface area (Å²) >= 11 is 0. The molecule has 0 aromatic heterocycles. The lowest BCUT2D eigenvalue weighted by molar-refractivity contribution is -0.161. The average molecular weight is 571 g/mol. The molecule has 5 rings (SSSR count). The van der Waals surface area contributed by atoms with Crippen LogP contribution in [0.15, 0.2) is 164 Å². The highest BCUT2D eigenvalue weighted by Gasteiger charge is 2.43. The van der Waals surface area contributed by atoms with Crippen molar-refractivity contribution in [3.8, 4) is 0 Å². The zero-order chi connectivity index (χ0) is 29.8. The Morgan fingerprint density at radius 3 is 1.40 bits per heavy atom. The van der Waals surface area contributed by atoms with E-state index < -0.39 is 17.3 Å². The summed E-state index contributed by atoms with van der Waals surface area (Å²) in [6.07, 6.45) is 0.759. The summed E-state index contributed by atoms with van der Waals surface area (Å²) in [4.78, 5) is 0. The Kier molecular flexibility index (Phi) is 10.3. The van der Waals surface area contributed by atoms with E-state index in [4.69, 9.17) is 14.2 Å². The first-order chi connectivity index (χ1) is 21.1. The van der Waals surface area contributed by atoms with Crippen LogP contribution in [0.1, 0.15) is 27.8 Å². The molecule has 0 fully saturated rings. The molecule has 1 N–H and O–H groups in total. The molecule has 0 heterocycles. The Labute approximate surface area is 254 Å². The molecule has 0 bridgehead atoms. The van der Waals surface area contributed by atoms with Crippen LogP contribution in [-0.2, 0) is 33.0 Å². The lowest BCUT2D eigenvalue weighted by atomic mass is 9.80. The van der Waals surface area contributed by atoms with Gasteiger partial charge >= 0.3 is 0 Å². The highest BCUT2D eigenvalue weighted by Crippen LogP contribution is 2.41. The minimum Gasteiger partial charge on any atom is -0.381 e. The molecule has 5 aromatic carbocycles. The summed E-state index contributed by atoms with van der Waals surface area (Å²) in [7, 11) is 0. The van der Waals surface area contributed by atoms with E-state index in [0.717, 1.165) is 27.8 Å². The van der Waals surface area contributed by atoms with Crippen molar-refractivity contribution in [2.24, 2.45) is 0 Å². The van der Waals surface area contributed by atoms with Crippen LogP contribution in [0, 0.1) is 0 Å². The van der Waals surface area contributed by atoms with Crippen molar-refractivity contribution in [2.45, 2.75) is 30.5 Å². The molecule has 0 saturated carbocycles. The van der Waals surface area contributed by atoms with E-state index in [9.17, 15) is 5.11 Å². The second-order valence-electron chi connectivity index (χ2n) is 10.5. The number of ether oxygens (including phenoxy) is 3. The highest BCUT2D eigenvalue weighted by atomic mass is 16.6. The van der Waals surface area contributed by atoms with Gasteiger partial charge in [0.1, 0.15) is 17.3 Å². The molecule has 0 aliphatic heterocycles. The number of hydrogen-bond donors (Lipinski definition) is 1. The van der Waals surface area contributed by atoms with Crippen molar-refractivity contribution < 1.29 is 19.3 Å². The monoisotopic (exact) mass is 570 g/mol. The Bertz CT molecular complexity index is 1410. The normalized spacial score (nSPS) is 13.6. The van der Waals surface area contributed by atoms with Crippen molar-refractivity contribution in [3.05, 3.63) is 192 Å². The van der Waals surface area contributed by atoms with Gasteiger partial charge in [-0.15, -0.1) is 6.58 Å². The fourth-order valence-corrected chi connectivity index (χ4v) is 5.24. The fourth-order valence-electron chi connectivity index (χ4n) is 5.24. The molecule has 4 nitrogen and oxygen atoms in total. The maximum atomic E-state index is 12.2. The van der Waals surface area contributed by atoms with Crippen molar-refractivity contribution >= 4 is 0 Å². The van der Waals surface area contributed by atoms with Crippen LogP contribution in [0.4, 0.5) is 0 Å². The van der Waals surface area contributed by atoms with Crippen molar-refractivity contribution in [2.75, 3.05) is 13.2 Å². The third-order valence-electron chi connectivity index (χ3n) is 7.65. The number of hydrogen-bond acceptors (Lipinski definition) is 4. The lowest BCUT2D eigenvalue weighted by Gasteiger charge is -2.40. The largest absolute Gasteiger partial charge is 0.381 e. The van der Waals surface area contributed by atoms with Crippen LogP contribution >= 0.6 is 0 Å². The third-order valence-corrected chi connectivity index (χ3v) is 7.65. The molecule has 2 atom stereocenters. The molecule has 4 heteroatoms. The summed E-state index contributed by atoms with van der Waals surface area (Å²) in [5, 5.41) is 12.2. The fraction of sp³-hybridized carbons (Fsp3) is 0.179. The zero-order valence-corrected chi connectivity index (χ0v) is 24.3. The standard InChI is InChI=1S/C39H38O4/c1-2-38(40,37(42-29-33-20-10-4-11-21-33)30-41-28-32-18-8-3-9-19-32)31-43-39(34-22-12-5-13-23-34,35-24-14-6-15-25-35)36-26-16-7-17-27-36/h2-27,37,40H,1,28-31H2/t37-,38+/m0/s1. The van der Waals surface area contributed by atoms with E-state index in [0.29, 0.717) is 13.2 Å². The van der Waals surface area contributed by atoms with Crippen LogP contribution in [0.5, 0.6) is 0 Å². The SMILES string of the molecule is C=C[C@@](O)(COC(c1ccccc1)(c1ccccc1)c1ccccc1)[C@H](COCc1ccccc1)OCc1ccccc1. The average Bonchev–Trinajstić information content (AvgIpc) is 3.09. The van der Waals surface area contributed by atoms with E-state index in [1.807, 2.05) is 115 Å². The van der Waals surface area contributed by atoms with E-state index in [1.165, 1.54) is 6.08 Å². The second-order valence-corrected chi connectivity index (χ2v) is 10.5. The summed E-state index contributed by atoms with van der Waals surface area (Å²) in [5.74, 6) is 0. The maximum absolute atomic E-state index is 12.2. The molecule has 0 aliphatic carbocycles. The Hall–Kier alpha value is -4.32. The number of benzene rings is 5. The molecule has 5 aromatic rings. The van der Waals surface area contributed by atoms with Crippen LogP contribution in [0.25, 0.3) is 0 Å². The lowest BCUT2D eigenvalue weighted by Crippen LogP contribution is -2.51. The van der Waals surface area contributed by atoms with E-state index in [-0.39, 0.29) is 13.2 Å². The second kappa shape index (κ2) is 14.7. The van der Waals surface area contributed by atoms with Gasteiger partial charge < -0.3 is 19.3 Å². The van der Waals surface area contributed by atoms with E-state index >= 15 is 0 Å². The van der Waals surface area contributed by atoms with Gasteiger partial charge in [-0.05, 0) is 27.8 Å². The molecule has 0 aliphatic rings. The molecule has 0 unspecified atom stereocenters. The van der Waals surface area contributed by atoms with Crippen molar-refractivity contribution in [1.82, 2.24) is 0 Å². The summed E-state index contributed by atoms with van der Waals surface area (Å²) in [6, 6.07) is 50.2. The van der Waals surface area contributed by atoms with Gasteiger partial charge in [-0.1, -0.05) is 158 Å². The maximum Gasteiger partial charge on any atom is 0.143 e. The molecule has 43 heavy (non-hydrogen) atoms. The smallest absolute Gasteiger partial charge is 0.143 e. The summed E-state index contributed by atoms with van der Waals surface area (Å²) in [6.45, 7) is 4.77. The first-order valence-corrected chi connectivity index (χ1v) is 14.6. The minimum absolute atomic E-state index is 0.0939. The Morgan fingerprint density at radius 1 is 0.581 bits per heavy atom. The first-order valence-electron chi connectivity index (χ1n) is 14.6. The third kappa shape index (κ3) is 7.37. The molecule has 0 spiro atoms. The zero-order valence-electron chi connectivity index (χ0n) is 24.3. The summed E-state index contributed by atoms with van der Waals surface area (Å²) in [5.41, 5.74) is 2.29. The predicted molar refractivity (Wildman–Crippen MR) is 171 cm³/mol. The van der Waals surface area contributed by atoms with Crippen LogP contribution < -0.4 is 0 Å². The Morgan fingerprint density at radius 2 is 0.977 bits per heavy atom. The van der Waals surface area contributed by atoms with Crippen molar-refractivity contribution in [3.63, 3.8) is 0 Å². The summed E-state index contributed by atoms with van der Waals surface area (Å²) < 4.78 is 19.5. The van der Waals surface area contributed by atoms with Gasteiger partial charge in [-0.25, -0.2) is 0 Å². The quantitative estimate of drug-likeness (QED) is 0.103. The van der Waals surface area contributed by atoms with Gasteiger partial charge in [-0.2, -0.15) is 0 Å². The number of aliphatic hydroxyl groups is 1. The molecule has 0 amide bonds. The topological polar surface area (TPSA) is 47.9 Å². The molecular weight excluding hydrogens is 532 g/mol. The van der Waals surface area contributed by atoms with Crippen LogP contribution in [0.2, 0.25) is 0 Å². The molecule has 0 saturated heterocycles. The van der Waals surface area contributed by atoms with Crippen LogP contribution in [-0.4, -0.2) is 30.0 Å². The molecule has 218 valence electrons.